The standard InChI is InChI=1S/C12H18N4OS/c1-9(17)15-5-2-6-16(8-7-15)12-14-13-11(18-12)10-3-4-10/h10H,2-8H2,1H3. The maximum absolute atomic E-state index is 11.4. The number of amides is 1. The molecule has 0 aromatic carbocycles. The van der Waals surface area contributed by atoms with Gasteiger partial charge in [-0.1, -0.05) is 11.3 Å². The number of nitrogens with zero attached hydrogens (tertiary/aromatic N) is 4. The van der Waals surface area contributed by atoms with E-state index in [1.54, 1.807) is 18.3 Å². The van der Waals surface area contributed by atoms with E-state index in [-0.39, 0.29) is 5.91 Å². The van der Waals surface area contributed by atoms with Crippen LogP contribution in [0, 0.1) is 0 Å². The summed E-state index contributed by atoms with van der Waals surface area (Å²) in [7, 11) is 0. The lowest BCUT2D eigenvalue weighted by atomic mass is 10.4. The highest BCUT2D eigenvalue weighted by atomic mass is 32.1. The molecule has 0 bridgehead atoms. The molecular weight excluding hydrogens is 248 g/mol. The fourth-order valence-corrected chi connectivity index (χ4v) is 3.34. The highest BCUT2D eigenvalue weighted by Gasteiger charge is 2.28. The Bertz CT molecular complexity index is 443. The summed E-state index contributed by atoms with van der Waals surface area (Å²) in [6.07, 6.45) is 3.55. The van der Waals surface area contributed by atoms with Crippen LogP contribution in [-0.2, 0) is 4.79 Å². The average Bonchev–Trinajstić information content (AvgIpc) is 3.13. The van der Waals surface area contributed by atoms with E-state index in [1.165, 1.54) is 17.8 Å². The van der Waals surface area contributed by atoms with Crippen LogP contribution in [0.3, 0.4) is 0 Å². The van der Waals surface area contributed by atoms with Crippen molar-refractivity contribution in [3.63, 3.8) is 0 Å². The molecule has 1 saturated carbocycles. The molecule has 2 heterocycles. The zero-order chi connectivity index (χ0) is 12.5. The third-order valence-electron chi connectivity index (χ3n) is 3.57. The number of aromatic nitrogens is 2. The van der Waals surface area contributed by atoms with Gasteiger partial charge in [0.2, 0.25) is 11.0 Å². The lowest BCUT2D eigenvalue weighted by molar-refractivity contribution is -0.128. The van der Waals surface area contributed by atoms with Crippen LogP contribution in [0.25, 0.3) is 0 Å². The van der Waals surface area contributed by atoms with Crippen molar-refractivity contribution < 1.29 is 4.79 Å². The molecule has 2 fully saturated rings. The van der Waals surface area contributed by atoms with E-state index < -0.39 is 0 Å². The first-order valence-electron chi connectivity index (χ1n) is 6.58. The Hall–Kier alpha value is -1.17. The Labute approximate surface area is 111 Å². The van der Waals surface area contributed by atoms with E-state index in [0.29, 0.717) is 5.92 Å². The Morgan fingerprint density at radius 3 is 2.78 bits per heavy atom. The van der Waals surface area contributed by atoms with Crippen LogP contribution in [0.2, 0.25) is 0 Å². The minimum Gasteiger partial charge on any atom is -0.345 e. The van der Waals surface area contributed by atoms with Crippen LogP contribution in [0.5, 0.6) is 0 Å². The van der Waals surface area contributed by atoms with Gasteiger partial charge < -0.3 is 9.80 Å². The summed E-state index contributed by atoms with van der Waals surface area (Å²) in [5.41, 5.74) is 0. The van der Waals surface area contributed by atoms with Crippen LogP contribution in [0.1, 0.15) is 37.1 Å². The monoisotopic (exact) mass is 266 g/mol. The van der Waals surface area contributed by atoms with Gasteiger partial charge in [0.25, 0.3) is 0 Å². The zero-order valence-corrected chi connectivity index (χ0v) is 11.4. The predicted molar refractivity (Wildman–Crippen MR) is 71.0 cm³/mol. The fraction of sp³-hybridized carbons (Fsp3) is 0.750. The van der Waals surface area contributed by atoms with Crippen molar-refractivity contribution in [1.29, 1.82) is 0 Å². The maximum atomic E-state index is 11.4. The molecule has 3 rings (SSSR count). The smallest absolute Gasteiger partial charge is 0.219 e. The number of rotatable bonds is 2. The summed E-state index contributed by atoms with van der Waals surface area (Å²) in [6.45, 7) is 5.15. The molecule has 0 radical (unpaired) electrons. The first-order chi connectivity index (χ1) is 8.74. The van der Waals surface area contributed by atoms with Crippen molar-refractivity contribution in [3.8, 4) is 0 Å². The molecule has 0 unspecified atom stereocenters. The van der Waals surface area contributed by atoms with Crippen molar-refractivity contribution in [2.75, 3.05) is 31.1 Å². The molecule has 0 atom stereocenters. The van der Waals surface area contributed by atoms with Crippen LogP contribution < -0.4 is 4.90 Å². The number of carbonyl (C=O) groups is 1. The first-order valence-corrected chi connectivity index (χ1v) is 7.39. The largest absolute Gasteiger partial charge is 0.345 e. The lowest BCUT2D eigenvalue weighted by Crippen LogP contribution is -2.33. The van der Waals surface area contributed by atoms with Crippen LogP contribution >= 0.6 is 11.3 Å². The van der Waals surface area contributed by atoms with E-state index in [2.05, 4.69) is 15.1 Å². The lowest BCUT2D eigenvalue weighted by Gasteiger charge is -2.19. The third-order valence-corrected chi connectivity index (χ3v) is 4.71. The number of carbonyl (C=O) groups excluding carboxylic acids is 1. The number of hydrogen-bond acceptors (Lipinski definition) is 5. The van der Waals surface area contributed by atoms with Gasteiger partial charge in [-0.25, -0.2) is 0 Å². The molecule has 1 amide bonds. The van der Waals surface area contributed by atoms with Gasteiger partial charge >= 0.3 is 0 Å². The van der Waals surface area contributed by atoms with E-state index >= 15 is 0 Å². The van der Waals surface area contributed by atoms with E-state index in [1.807, 2.05) is 4.90 Å². The second-order valence-electron chi connectivity index (χ2n) is 5.04. The third kappa shape index (κ3) is 2.48. The summed E-state index contributed by atoms with van der Waals surface area (Å²) in [5, 5.41) is 10.8. The Kier molecular flexibility index (Phi) is 3.20. The minimum absolute atomic E-state index is 0.174. The molecule has 2 aliphatic rings. The van der Waals surface area contributed by atoms with Crippen LogP contribution in [0.4, 0.5) is 5.13 Å². The molecule has 0 spiro atoms. The quantitative estimate of drug-likeness (QED) is 0.813. The zero-order valence-electron chi connectivity index (χ0n) is 10.6. The molecule has 1 aliphatic carbocycles. The maximum Gasteiger partial charge on any atom is 0.219 e. The Morgan fingerprint density at radius 2 is 2.06 bits per heavy atom. The SMILES string of the molecule is CC(=O)N1CCCN(c2nnc(C3CC3)s2)CC1. The topological polar surface area (TPSA) is 49.3 Å². The molecule has 1 aromatic rings. The van der Waals surface area contributed by atoms with Gasteiger partial charge in [-0.15, -0.1) is 10.2 Å². The van der Waals surface area contributed by atoms with Crippen molar-refractivity contribution in [2.24, 2.45) is 0 Å². The summed E-state index contributed by atoms with van der Waals surface area (Å²) >= 11 is 1.73. The highest BCUT2D eigenvalue weighted by molar-refractivity contribution is 7.15. The highest BCUT2D eigenvalue weighted by Crippen LogP contribution is 2.42. The van der Waals surface area contributed by atoms with Gasteiger partial charge in [-0.05, 0) is 19.3 Å². The van der Waals surface area contributed by atoms with Gasteiger partial charge in [-0.3, -0.25) is 4.79 Å². The van der Waals surface area contributed by atoms with Crippen molar-refractivity contribution in [1.82, 2.24) is 15.1 Å². The second kappa shape index (κ2) is 4.84. The van der Waals surface area contributed by atoms with E-state index in [9.17, 15) is 4.79 Å². The number of hydrogen-bond donors (Lipinski definition) is 0. The Morgan fingerprint density at radius 1 is 1.22 bits per heavy atom. The van der Waals surface area contributed by atoms with Crippen molar-refractivity contribution in [2.45, 2.75) is 32.1 Å². The molecule has 5 nitrogen and oxygen atoms in total. The molecule has 0 N–H and O–H groups in total. The molecule has 1 aliphatic heterocycles. The summed E-state index contributed by atoms with van der Waals surface area (Å²) < 4.78 is 0. The molecule has 98 valence electrons. The van der Waals surface area contributed by atoms with Gasteiger partial charge in [0.05, 0.1) is 0 Å². The normalized spacial score (nSPS) is 20.9. The predicted octanol–water partition coefficient (Wildman–Crippen LogP) is 1.47. The Balaban J connectivity index is 1.66. The summed E-state index contributed by atoms with van der Waals surface area (Å²) in [5.74, 6) is 0.852. The van der Waals surface area contributed by atoms with Gasteiger partial charge in [0.1, 0.15) is 5.01 Å². The molecule has 6 heteroatoms. The number of anilines is 1. The van der Waals surface area contributed by atoms with Gasteiger partial charge in [0.15, 0.2) is 0 Å². The summed E-state index contributed by atoms with van der Waals surface area (Å²) in [6, 6.07) is 0. The molecule has 18 heavy (non-hydrogen) atoms. The molecular formula is C12H18N4OS. The average molecular weight is 266 g/mol. The van der Waals surface area contributed by atoms with Crippen molar-refractivity contribution in [3.05, 3.63) is 5.01 Å². The first kappa shape index (κ1) is 11.9. The van der Waals surface area contributed by atoms with Gasteiger partial charge in [0, 0.05) is 39.0 Å². The van der Waals surface area contributed by atoms with E-state index in [4.69, 9.17) is 0 Å². The minimum atomic E-state index is 0.174. The van der Waals surface area contributed by atoms with Crippen LogP contribution in [0.15, 0.2) is 0 Å². The molecule has 1 saturated heterocycles. The van der Waals surface area contributed by atoms with Crippen molar-refractivity contribution >= 4 is 22.4 Å². The van der Waals surface area contributed by atoms with E-state index in [0.717, 1.165) is 37.7 Å². The fourth-order valence-electron chi connectivity index (χ4n) is 2.27. The van der Waals surface area contributed by atoms with Gasteiger partial charge in [-0.2, -0.15) is 0 Å². The van der Waals surface area contributed by atoms with Crippen LogP contribution in [-0.4, -0.2) is 47.2 Å². The second-order valence-corrected chi connectivity index (χ2v) is 6.03. The molecule has 1 aromatic heterocycles. The summed E-state index contributed by atoms with van der Waals surface area (Å²) in [4.78, 5) is 15.6.